The van der Waals surface area contributed by atoms with E-state index < -0.39 is 0 Å². The van der Waals surface area contributed by atoms with E-state index in [1.165, 1.54) is 17.4 Å². The number of rotatable bonds is 8. The predicted molar refractivity (Wildman–Crippen MR) is 85.7 cm³/mol. The fraction of sp³-hybridized carbons (Fsp3) is 0.389. The van der Waals surface area contributed by atoms with Crippen molar-refractivity contribution in [2.75, 3.05) is 0 Å². The van der Waals surface area contributed by atoms with Crippen LogP contribution in [-0.4, -0.2) is 6.21 Å². The van der Waals surface area contributed by atoms with Crippen LogP contribution in [0.4, 0.5) is 0 Å². The third-order valence-corrected chi connectivity index (χ3v) is 3.15. The summed E-state index contributed by atoms with van der Waals surface area (Å²) >= 11 is 0. The first-order chi connectivity index (χ1) is 9.06. The lowest BCUT2D eigenvalue weighted by Crippen LogP contribution is -1.89. The number of hydrogen-bond donors (Lipinski definition) is 1. The van der Waals surface area contributed by atoms with Gasteiger partial charge in [-0.25, -0.2) is 0 Å². The first-order valence-electron chi connectivity index (χ1n) is 6.70. The van der Waals surface area contributed by atoms with Gasteiger partial charge in [-0.1, -0.05) is 31.2 Å². The first kappa shape index (κ1) is 17.2. The van der Waals surface area contributed by atoms with E-state index in [-0.39, 0.29) is 0 Å². The lowest BCUT2D eigenvalue weighted by Gasteiger charge is -2.08. The van der Waals surface area contributed by atoms with Gasteiger partial charge >= 0.3 is 0 Å². The molecule has 0 aliphatic carbocycles. The standard InChI is InChI=1S/C18H25N/c1-6-18(7-2)13-9-8-11-15(3)17(5)16(4)12-10-14-19/h8,13-14,19H,1,4,7,10-12H2,2-3,5H3/b17-15+,19-14?. The summed E-state index contributed by atoms with van der Waals surface area (Å²) in [4.78, 5) is 0. The Morgan fingerprint density at radius 3 is 2.53 bits per heavy atom. The lowest BCUT2D eigenvalue weighted by molar-refractivity contribution is 1.01. The van der Waals surface area contributed by atoms with Gasteiger partial charge in [0.25, 0.3) is 0 Å². The van der Waals surface area contributed by atoms with Crippen molar-refractivity contribution in [1.82, 2.24) is 0 Å². The van der Waals surface area contributed by atoms with Crippen LogP contribution in [0.5, 0.6) is 0 Å². The second-order valence-electron chi connectivity index (χ2n) is 4.53. The quantitative estimate of drug-likeness (QED) is 0.335. The third kappa shape index (κ3) is 7.26. The maximum atomic E-state index is 7.04. The van der Waals surface area contributed by atoms with Crippen molar-refractivity contribution in [2.45, 2.75) is 46.5 Å². The second-order valence-corrected chi connectivity index (χ2v) is 4.53. The molecular formula is C18H25N. The van der Waals surface area contributed by atoms with Crippen LogP contribution in [-0.2, 0) is 0 Å². The molecule has 0 amide bonds. The molecule has 19 heavy (non-hydrogen) atoms. The Bertz CT molecular complexity index is 462. The summed E-state index contributed by atoms with van der Waals surface area (Å²) in [6.45, 7) is 14.0. The highest BCUT2D eigenvalue weighted by atomic mass is 14.3. The minimum atomic E-state index is 0.767. The van der Waals surface area contributed by atoms with Gasteiger partial charge in [0.05, 0.1) is 0 Å². The van der Waals surface area contributed by atoms with E-state index in [0.29, 0.717) is 0 Å². The summed E-state index contributed by atoms with van der Waals surface area (Å²) in [5.74, 6) is 0. The monoisotopic (exact) mass is 255 g/mol. The van der Waals surface area contributed by atoms with Crippen molar-refractivity contribution >= 4 is 6.21 Å². The van der Waals surface area contributed by atoms with Crippen molar-refractivity contribution in [3.63, 3.8) is 0 Å². The molecule has 0 aromatic rings. The van der Waals surface area contributed by atoms with Gasteiger partial charge in [-0.2, -0.15) is 0 Å². The van der Waals surface area contributed by atoms with Crippen LogP contribution in [0.3, 0.4) is 0 Å². The van der Waals surface area contributed by atoms with Gasteiger partial charge in [0.15, 0.2) is 0 Å². The fourth-order valence-electron chi connectivity index (χ4n) is 1.54. The Morgan fingerprint density at radius 1 is 1.32 bits per heavy atom. The Kier molecular flexibility index (Phi) is 9.18. The highest BCUT2D eigenvalue weighted by molar-refractivity contribution is 5.54. The second kappa shape index (κ2) is 10.1. The Morgan fingerprint density at radius 2 is 2.00 bits per heavy atom. The molecular weight excluding hydrogens is 230 g/mol. The average Bonchev–Trinajstić information content (AvgIpc) is 2.43. The highest BCUT2D eigenvalue weighted by Crippen LogP contribution is 2.19. The van der Waals surface area contributed by atoms with Crippen LogP contribution < -0.4 is 0 Å². The van der Waals surface area contributed by atoms with Gasteiger partial charge in [0.2, 0.25) is 0 Å². The maximum absolute atomic E-state index is 7.04. The van der Waals surface area contributed by atoms with E-state index in [0.717, 1.165) is 36.8 Å². The zero-order valence-electron chi connectivity index (χ0n) is 12.5. The van der Waals surface area contributed by atoms with Gasteiger partial charge in [0, 0.05) is 5.57 Å². The van der Waals surface area contributed by atoms with E-state index in [1.54, 1.807) is 0 Å². The van der Waals surface area contributed by atoms with E-state index in [2.05, 4.69) is 45.4 Å². The molecule has 0 rings (SSSR count). The lowest BCUT2D eigenvalue weighted by atomic mass is 9.98. The molecule has 1 heteroatoms. The summed E-state index contributed by atoms with van der Waals surface area (Å²) in [6.07, 6.45) is 8.83. The molecule has 0 spiro atoms. The summed E-state index contributed by atoms with van der Waals surface area (Å²) in [5.41, 5.74) is 10.8. The summed E-state index contributed by atoms with van der Waals surface area (Å²) in [5, 5.41) is 7.04. The molecule has 0 atom stereocenters. The SMILES string of the molecule is C=C=C(C=C=CC/C(C)=C(\C)C(=C)CCC=N)CC. The molecule has 0 saturated heterocycles. The molecule has 0 heterocycles. The van der Waals surface area contributed by atoms with Crippen molar-refractivity contribution in [3.05, 3.63) is 59.1 Å². The zero-order chi connectivity index (χ0) is 14.7. The van der Waals surface area contributed by atoms with Crippen molar-refractivity contribution in [3.8, 4) is 0 Å². The van der Waals surface area contributed by atoms with Crippen LogP contribution in [0.15, 0.2) is 59.1 Å². The normalized spacial score (nSPS) is 10.7. The summed E-state index contributed by atoms with van der Waals surface area (Å²) < 4.78 is 0. The first-order valence-corrected chi connectivity index (χ1v) is 6.70. The third-order valence-electron chi connectivity index (χ3n) is 3.15. The topological polar surface area (TPSA) is 23.9 Å². The van der Waals surface area contributed by atoms with Gasteiger partial charge in [-0.3, -0.25) is 0 Å². The Balaban J connectivity index is 4.63. The Labute approximate surface area is 117 Å². The molecule has 0 unspecified atom stereocenters. The molecule has 1 nitrogen and oxygen atoms in total. The molecule has 0 fully saturated rings. The number of allylic oxidation sites excluding steroid dienone is 5. The van der Waals surface area contributed by atoms with Crippen LogP contribution in [0.2, 0.25) is 0 Å². The molecule has 0 aromatic heterocycles. The van der Waals surface area contributed by atoms with Crippen molar-refractivity contribution in [2.24, 2.45) is 0 Å². The largest absolute Gasteiger partial charge is 0.313 e. The van der Waals surface area contributed by atoms with Crippen molar-refractivity contribution < 1.29 is 0 Å². The van der Waals surface area contributed by atoms with E-state index in [4.69, 9.17) is 5.41 Å². The van der Waals surface area contributed by atoms with Gasteiger partial charge < -0.3 is 5.41 Å². The minimum Gasteiger partial charge on any atom is -0.313 e. The molecule has 0 saturated carbocycles. The van der Waals surface area contributed by atoms with E-state index in [9.17, 15) is 0 Å². The van der Waals surface area contributed by atoms with Gasteiger partial charge in [-0.05, 0) is 63.5 Å². The zero-order valence-corrected chi connectivity index (χ0v) is 12.5. The molecule has 0 aromatic carbocycles. The highest BCUT2D eigenvalue weighted by Gasteiger charge is 2.00. The van der Waals surface area contributed by atoms with Crippen molar-refractivity contribution in [1.29, 1.82) is 5.41 Å². The van der Waals surface area contributed by atoms with Gasteiger partial charge in [0.1, 0.15) is 0 Å². The van der Waals surface area contributed by atoms with E-state index >= 15 is 0 Å². The van der Waals surface area contributed by atoms with Gasteiger partial charge in [-0.15, -0.1) is 11.5 Å². The van der Waals surface area contributed by atoms with E-state index in [1.807, 2.05) is 12.2 Å². The summed E-state index contributed by atoms with van der Waals surface area (Å²) in [7, 11) is 0. The molecule has 0 radical (unpaired) electrons. The predicted octanol–water partition coefficient (Wildman–Crippen LogP) is 5.53. The molecule has 0 aliphatic rings. The molecule has 102 valence electrons. The summed E-state index contributed by atoms with van der Waals surface area (Å²) in [6, 6.07) is 0. The molecule has 1 N–H and O–H groups in total. The molecule has 0 aliphatic heterocycles. The van der Waals surface area contributed by atoms with Crippen LogP contribution in [0.1, 0.15) is 46.5 Å². The minimum absolute atomic E-state index is 0.767. The van der Waals surface area contributed by atoms with Crippen LogP contribution in [0.25, 0.3) is 0 Å². The average molecular weight is 255 g/mol. The number of hydrogen-bond acceptors (Lipinski definition) is 1. The molecule has 0 bridgehead atoms. The maximum Gasteiger partial charge on any atom is 0.000758 e. The fourth-order valence-corrected chi connectivity index (χ4v) is 1.54. The van der Waals surface area contributed by atoms with Crippen LogP contribution >= 0.6 is 0 Å². The smallest absolute Gasteiger partial charge is 0.000758 e. The van der Waals surface area contributed by atoms with Crippen LogP contribution in [0, 0.1) is 5.41 Å². The Hall–Kier alpha value is -1.81. The number of nitrogens with one attached hydrogen (secondary N) is 1.